The molecule has 0 fully saturated rings. The molecule has 0 aliphatic carbocycles. The Morgan fingerprint density at radius 3 is 3.07 bits per heavy atom. The predicted molar refractivity (Wildman–Crippen MR) is 55.0 cm³/mol. The highest BCUT2D eigenvalue weighted by Gasteiger charge is 2.04. The molecule has 2 rings (SSSR count). The molecule has 0 unspecified atom stereocenters. The van der Waals surface area contributed by atoms with Crippen LogP contribution >= 0.6 is 0 Å². The fraction of sp³-hybridized carbons (Fsp3) is 0.222. The van der Waals surface area contributed by atoms with Gasteiger partial charge in [-0.1, -0.05) is 5.16 Å². The zero-order chi connectivity index (χ0) is 10.7. The Morgan fingerprint density at radius 2 is 2.33 bits per heavy atom. The van der Waals surface area contributed by atoms with E-state index in [9.17, 15) is 0 Å². The van der Waals surface area contributed by atoms with Crippen LogP contribution in [0.3, 0.4) is 0 Å². The third-order valence-electron chi connectivity index (χ3n) is 2.03. The van der Waals surface area contributed by atoms with Crippen LogP contribution in [-0.2, 0) is 6.54 Å². The van der Waals surface area contributed by atoms with Crippen molar-refractivity contribution in [2.24, 2.45) is 0 Å². The first-order chi connectivity index (χ1) is 7.27. The van der Waals surface area contributed by atoms with E-state index in [4.69, 9.17) is 5.73 Å². The summed E-state index contributed by atoms with van der Waals surface area (Å²) in [7, 11) is 0. The van der Waals surface area contributed by atoms with Gasteiger partial charge in [-0.2, -0.15) is 4.98 Å². The van der Waals surface area contributed by atoms with Gasteiger partial charge in [0.25, 0.3) is 0 Å². The number of hydrogen-bond donors (Lipinski definition) is 2. The maximum Gasteiger partial charge on any atom is 0.213 e. The van der Waals surface area contributed by atoms with Crippen molar-refractivity contribution in [3.63, 3.8) is 0 Å². The van der Waals surface area contributed by atoms with E-state index in [1.165, 1.54) is 6.39 Å². The molecule has 3 N–H and O–H groups in total. The van der Waals surface area contributed by atoms with E-state index < -0.39 is 0 Å². The molecule has 0 aromatic carbocycles. The SMILES string of the molecule is Cc1ccnc(NCc2ncon2)c1N. The van der Waals surface area contributed by atoms with Crippen LogP contribution in [0.4, 0.5) is 11.5 Å². The van der Waals surface area contributed by atoms with Crippen LogP contribution in [0, 0.1) is 6.92 Å². The second-order valence-electron chi connectivity index (χ2n) is 3.09. The van der Waals surface area contributed by atoms with Crippen LogP contribution in [0.15, 0.2) is 23.2 Å². The standard InChI is InChI=1S/C9H11N5O/c1-6-2-3-11-9(8(6)10)12-4-7-13-5-15-14-7/h2-3,5H,4,10H2,1H3,(H,11,12). The molecule has 0 aliphatic rings. The summed E-state index contributed by atoms with van der Waals surface area (Å²) in [4.78, 5) is 7.99. The lowest BCUT2D eigenvalue weighted by atomic mass is 10.2. The van der Waals surface area contributed by atoms with Crippen molar-refractivity contribution in [2.45, 2.75) is 13.5 Å². The van der Waals surface area contributed by atoms with E-state index in [2.05, 4.69) is 25.0 Å². The number of anilines is 2. The molecule has 15 heavy (non-hydrogen) atoms. The topological polar surface area (TPSA) is 89.9 Å². The van der Waals surface area contributed by atoms with E-state index in [0.29, 0.717) is 23.9 Å². The summed E-state index contributed by atoms with van der Waals surface area (Å²) in [6.07, 6.45) is 2.98. The molecule has 0 saturated carbocycles. The molecular formula is C9H11N5O. The molecule has 0 saturated heterocycles. The van der Waals surface area contributed by atoms with E-state index >= 15 is 0 Å². The minimum absolute atomic E-state index is 0.442. The van der Waals surface area contributed by atoms with Crippen molar-refractivity contribution in [1.82, 2.24) is 15.1 Å². The molecule has 6 heteroatoms. The lowest BCUT2D eigenvalue weighted by molar-refractivity contribution is 0.411. The summed E-state index contributed by atoms with van der Waals surface area (Å²) in [5.74, 6) is 1.21. The minimum atomic E-state index is 0.442. The molecule has 2 heterocycles. The first-order valence-corrected chi connectivity index (χ1v) is 4.47. The molecule has 0 amide bonds. The number of rotatable bonds is 3. The fourth-order valence-electron chi connectivity index (χ4n) is 1.14. The van der Waals surface area contributed by atoms with Crippen LogP contribution in [0.5, 0.6) is 0 Å². The van der Waals surface area contributed by atoms with Crippen molar-refractivity contribution in [1.29, 1.82) is 0 Å². The molecule has 78 valence electrons. The van der Waals surface area contributed by atoms with E-state index in [-0.39, 0.29) is 0 Å². The summed E-state index contributed by atoms with van der Waals surface area (Å²) in [5, 5.41) is 6.70. The van der Waals surface area contributed by atoms with Gasteiger partial charge in [0.05, 0.1) is 12.2 Å². The highest BCUT2D eigenvalue weighted by Crippen LogP contribution is 2.18. The molecule has 0 aliphatic heterocycles. The zero-order valence-corrected chi connectivity index (χ0v) is 8.27. The minimum Gasteiger partial charge on any atom is -0.396 e. The van der Waals surface area contributed by atoms with Crippen LogP contribution in [-0.4, -0.2) is 15.1 Å². The molecule has 6 nitrogen and oxygen atoms in total. The van der Waals surface area contributed by atoms with Crippen molar-refractivity contribution in [2.75, 3.05) is 11.1 Å². The third-order valence-corrected chi connectivity index (χ3v) is 2.03. The Bertz CT molecular complexity index is 440. The van der Waals surface area contributed by atoms with Gasteiger partial charge in [-0.05, 0) is 18.6 Å². The summed E-state index contributed by atoms with van der Waals surface area (Å²) >= 11 is 0. The Morgan fingerprint density at radius 1 is 1.47 bits per heavy atom. The summed E-state index contributed by atoms with van der Waals surface area (Å²) in [5.41, 5.74) is 7.46. The first kappa shape index (κ1) is 9.45. The van der Waals surface area contributed by atoms with Crippen LogP contribution in [0.2, 0.25) is 0 Å². The van der Waals surface area contributed by atoms with Crippen LogP contribution < -0.4 is 11.1 Å². The molecule has 0 radical (unpaired) electrons. The van der Waals surface area contributed by atoms with Gasteiger partial charge in [0.1, 0.15) is 5.82 Å². The number of nitrogen functional groups attached to an aromatic ring is 1. The average molecular weight is 205 g/mol. The van der Waals surface area contributed by atoms with E-state index in [0.717, 1.165) is 5.56 Å². The number of aryl methyl sites for hydroxylation is 1. The number of nitrogens with two attached hydrogens (primary N) is 1. The van der Waals surface area contributed by atoms with Crippen LogP contribution in [0.25, 0.3) is 0 Å². The third kappa shape index (κ3) is 2.04. The second kappa shape index (κ2) is 3.95. The monoisotopic (exact) mass is 205 g/mol. The number of nitrogens with zero attached hydrogens (tertiary/aromatic N) is 3. The number of aromatic nitrogens is 3. The number of hydrogen-bond acceptors (Lipinski definition) is 6. The molecule has 2 aromatic rings. The van der Waals surface area contributed by atoms with Gasteiger partial charge >= 0.3 is 0 Å². The smallest absolute Gasteiger partial charge is 0.213 e. The van der Waals surface area contributed by atoms with Gasteiger partial charge in [0.2, 0.25) is 6.39 Å². The quantitative estimate of drug-likeness (QED) is 0.775. The van der Waals surface area contributed by atoms with Crippen molar-refractivity contribution in [3.8, 4) is 0 Å². The number of nitrogens with one attached hydrogen (secondary N) is 1. The van der Waals surface area contributed by atoms with Gasteiger partial charge in [-0.15, -0.1) is 0 Å². The molecule has 0 atom stereocenters. The molecular weight excluding hydrogens is 194 g/mol. The Kier molecular flexibility index (Phi) is 2.49. The summed E-state index contributed by atoms with van der Waals surface area (Å²) in [6, 6.07) is 1.86. The maximum atomic E-state index is 5.83. The lowest BCUT2D eigenvalue weighted by Crippen LogP contribution is -2.06. The van der Waals surface area contributed by atoms with Crippen molar-refractivity contribution < 1.29 is 4.52 Å². The number of pyridine rings is 1. The van der Waals surface area contributed by atoms with E-state index in [1.807, 2.05) is 13.0 Å². The molecule has 0 bridgehead atoms. The average Bonchev–Trinajstić information content (AvgIpc) is 2.73. The Hall–Kier alpha value is -2.11. The molecule has 0 spiro atoms. The van der Waals surface area contributed by atoms with Crippen LogP contribution in [0.1, 0.15) is 11.4 Å². The molecule has 2 aromatic heterocycles. The van der Waals surface area contributed by atoms with Gasteiger partial charge in [0, 0.05) is 6.20 Å². The van der Waals surface area contributed by atoms with Gasteiger partial charge < -0.3 is 15.6 Å². The highest BCUT2D eigenvalue weighted by atomic mass is 16.5. The largest absolute Gasteiger partial charge is 0.396 e. The van der Waals surface area contributed by atoms with Gasteiger partial charge in [0.15, 0.2) is 5.82 Å². The Labute approximate surface area is 86.5 Å². The van der Waals surface area contributed by atoms with Crippen molar-refractivity contribution in [3.05, 3.63) is 30.0 Å². The fourth-order valence-corrected chi connectivity index (χ4v) is 1.14. The van der Waals surface area contributed by atoms with Crippen molar-refractivity contribution >= 4 is 11.5 Å². The predicted octanol–water partition coefficient (Wildman–Crippen LogP) is 0.967. The Balaban J connectivity index is 2.08. The van der Waals surface area contributed by atoms with Gasteiger partial charge in [-0.25, -0.2) is 4.98 Å². The normalized spacial score (nSPS) is 10.2. The maximum absolute atomic E-state index is 5.83. The highest BCUT2D eigenvalue weighted by molar-refractivity contribution is 5.64. The summed E-state index contributed by atoms with van der Waals surface area (Å²) in [6.45, 7) is 2.37. The first-order valence-electron chi connectivity index (χ1n) is 4.47. The second-order valence-corrected chi connectivity index (χ2v) is 3.09. The van der Waals surface area contributed by atoms with Gasteiger partial charge in [-0.3, -0.25) is 0 Å². The summed E-state index contributed by atoms with van der Waals surface area (Å²) < 4.78 is 4.60. The zero-order valence-electron chi connectivity index (χ0n) is 8.27. The van der Waals surface area contributed by atoms with E-state index in [1.54, 1.807) is 6.20 Å². The lowest BCUT2D eigenvalue weighted by Gasteiger charge is -2.07.